The van der Waals surface area contributed by atoms with Gasteiger partial charge in [-0.1, -0.05) is 46.5 Å². The quantitative estimate of drug-likeness (QED) is 0.203. The molecule has 4 heterocycles. The van der Waals surface area contributed by atoms with E-state index in [4.69, 9.17) is 9.47 Å². The van der Waals surface area contributed by atoms with Crippen LogP contribution >= 0.6 is 0 Å². The summed E-state index contributed by atoms with van der Waals surface area (Å²) in [5.41, 5.74) is 2.72. The monoisotopic (exact) mass is 754 g/mol. The van der Waals surface area contributed by atoms with Crippen molar-refractivity contribution in [1.82, 2.24) is 40.4 Å². The van der Waals surface area contributed by atoms with Crippen LogP contribution in [0.5, 0.6) is 0 Å². The highest BCUT2D eigenvalue weighted by Gasteiger charge is 2.42. The molecule has 0 aliphatic carbocycles. The zero-order valence-corrected chi connectivity index (χ0v) is 32.3. The summed E-state index contributed by atoms with van der Waals surface area (Å²) < 4.78 is 9.46. The minimum Gasteiger partial charge on any atom is -0.453 e. The molecule has 5 rings (SSSR count). The van der Waals surface area contributed by atoms with Crippen LogP contribution in [0.4, 0.5) is 9.59 Å². The van der Waals surface area contributed by atoms with E-state index in [1.54, 1.807) is 22.2 Å². The van der Waals surface area contributed by atoms with Gasteiger partial charge >= 0.3 is 12.2 Å². The molecule has 0 bridgehead atoms. The zero-order chi connectivity index (χ0) is 39.8. The van der Waals surface area contributed by atoms with Gasteiger partial charge in [0.1, 0.15) is 35.1 Å². The van der Waals surface area contributed by atoms with E-state index in [2.05, 4.69) is 61.2 Å². The zero-order valence-electron chi connectivity index (χ0n) is 32.3. The summed E-state index contributed by atoms with van der Waals surface area (Å²) in [5, 5.41) is 15.2. The second kappa shape index (κ2) is 18.0. The third kappa shape index (κ3) is 9.85. The SMILES string of the molecule is COC(=O)N[C@H](C(=O)N1C[C@@H](C)C[C@H]1c1ncc(C#Cc2ccc(C#Cc3cnc([C@@H]4C[C@H](CO)CN4C(=O)[C@@H](NC(=O)OC)C(C)C)[nH]3)cc2)[nH]1)C(C)C. The number of hydrogen-bond donors (Lipinski definition) is 5. The maximum Gasteiger partial charge on any atom is 0.407 e. The normalized spacial score (nSPS) is 20.3. The molecule has 15 heteroatoms. The summed E-state index contributed by atoms with van der Waals surface area (Å²) in [6.45, 7) is 10.3. The number of carbonyl (C=O) groups is 4. The smallest absolute Gasteiger partial charge is 0.407 e. The first-order chi connectivity index (χ1) is 26.3. The number of ether oxygens (including phenoxy) is 2. The molecule has 6 atom stereocenters. The van der Waals surface area contributed by atoms with E-state index in [9.17, 15) is 24.3 Å². The van der Waals surface area contributed by atoms with Gasteiger partial charge in [-0.25, -0.2) is 19.6 Å². The summed E-state index contributed by atoms with van der Waals surface area (Å²) in [6.07, 6.45) is 3.19. The molecular formula is C40H50N8O7. The fourth-order valence-corrected chi connectivity index (χ4v) is 6.92. The van der Waals surface area contributed by atoms with Crippen LogP contribution in [0, 0.1) is 47.4 Å². The number of aromatic amines is 2. The highest BCUT2D eigenvalue weighted by Crippen LogP contribution is 2.36. The number of benzene rings is 1. The van der Waals surface area contributed by atoms with Gasteiger partial charge in [0.25, 0.3) is 0 Å². The molecule has 4 amide bonds. The standard InChI is InChI=1S/C40H50N8O7/c1-23(2)33(45-39(52)54-6)37(50)47-20-25(5)16-31(47)35-41-18-29(43-35)14-12-26-8-10-27(11-9-26)13-15-30-19-42-36(44-30)32-17-28(22-49)21-48(32)38(51)34(24(3)4)46-40(53)55-7/h8-11,18-19,23-25,28,31-34,49H,16-17,20-22H2,1-7H3,(H,41,43)(H,42,44)(H,45,52)(H,46,53)/t25-,28-,31-,32-,33-,34-/m0/s1. The maximum atomic E-state index is 13.6. The minimum absolute atomic E-state index is 0.0771. The van der Waals surface area contributed by atoms with Crippen LogP contribution in [0.15, 0.2) is 36.7 Å². The Kier molecular flexibility index (Phi) is 13.2. The number of aliphatic hydroxyl groups is 1. The van der Waals surface area contributed by atoms with Crippen molar-refractivity contribution in [1.29, 1.82) is 0 Å². The predicted octanol–water partition coefficient (Wildman–Crippen LogP) is 3.49. The van der Waals surface area contributed by atoms with Crippen molar-refractivity contribution in [3.63, 3.8) is 0 Å². The van der Waals surface area contributed by atoms with Gasteiger partial charge < -0.3 is 45.0 Å². The Hall–Kier alpha value is -5.80. The lowest BCUT2D eigenvalue weighted by atomic mass is 10.0. The molecule has 5 N–H and O–H groups in total. The lowest BCUT2D eigenvalue weighted by Crippen LogP contribution is -2.51. The van der Waals surface area contributed by atoms with Crippen LogP contribution in [0.25, 0.3) is 0 Å². The first-order valence-corrected chi connectivity index (χ1v) is 18.5. The third-order valence-electron chi connectivity index (χ3n) is 9.90. The molecule has 55 heavy (non-hydrogen) atoms. The number of nitrogens with zero attached hydrogens (tertiary/aromatic N) is 4. The summed E-state index contributed by atoms with van der Waals surface area (Å²) in [4.78, 5) is 70.1. The van der Waals surface area contributed by atoms with Gasteiger partial charge in [0, 0.05) is 36.7 Å². The molecule has 292 valence electrons. The number of likely N-dealkylation sites (tertiary alicyclic amines) is 2. The van der Waals surface area contributed by atoms with E-state index in [0.717, 1.165) is 17.5 Å². The lowest BCUT2D eigenvalue weighted by Gasteiger charge is -2.30. The number of hydrogen-bond acceptors (Lipinski definition) is 9. The summed E-state index contributed by atoms with van der Waals surface area (Å²) in [7, 11) is 2.52. The molecule has 0 spiro atoms. The van der Waals surface area contributed by atoms with Gasteiger partial charge in [-0.15, -0.1) is 0 Å². The van der Waals surface area contributed by atoms with Crippen LogP contribution in [-0.4, -0.2) is 105 Å². The van der Waals surface area contributed by atoms with Crippen LogP contribution < -0.4 is 10.6 Å². The highest BCUT2D eigenvalue weighted by molar-refractivity contribution is 5.87. The van der Waals surface area contributed by atoms with Crippen molar-refractivity contribution < 1.29 is 33.8 Å². The number of alkyl carbamates (subject to hydrolysis) is 2. The van der Waals surface area contributed by atoms with E-state index in [1.165, 1.54) is 14.2 Å². The Morgan fingerprint density at radius 2 is 1.20 bits per heavy atom. The Labute approximate surface area is 321 Å². The number of carbonyl (C=O) groups excluding carboxylic acids is 4. The van der Waals surface area contributed by atoms with Crippen molar-refractivity contribution >= 4 is 24.0 Å². The van der Waals surface area contributed by atoms with Crippen molar-refractivity contribution in [2.45, 2.75) is 71.6 Å². The molecular weight excluding hydrogens is 704 g/mol. The largest absolute Gasteiger partial charge is 0.453 e. The van der Waals surface area contributed by atoms with Gasteiger partial charge in [0.15, 0.2) is 0 Å². The fourth-order valence-electron chi connectivity index (χ4n) is 6.92. The topological polar surface area (TPSA) is 195 Å². The predicted molar refractivity (Wildman–Crippen MR) is 202 cm³/mol. The number of amides is 4. The number of methoxy groups -OCH3 is 2. The molecule has 2 aliphatic rings. The average Bonchev–Trinajstić information content (AvgIpc) is 4.00. The summed E-state index contributed by atoms with van der Waals surface area (Å²) in [5.74, 6) is 13.1. The molecule has 2 aromatic heterocycles. The van der Waals surface area contributed by atoms with E-state index >= 15 is 0 Å². The minimum atomic E-state index is -0.794. The number of nitrogens with one attached hydrogen (secondary N) is 4. The first kappa shape index (κ1) is 40.4. The number of aromatic nitrogens is 4. The van der Waals surface area contributed by atoms with Crippen molar-refractivity contribution in [2.24, 2.45) is 23.7 Å². The fraction of sp³-hybridized carbons (Fsp3) is 0.500. The lowest BCUT2D eigenvalue weighted by molar-refractivity contribution is -0.136. The second-order valence-corrected chi connectivity index (χ2v) is 14.8. The molecule has 1 aromatic carbocycles. The van der Waals surface area contributed by atoms with E-state index in [-0.39, 0.29) is 48.1 Å². The number of rotatable bonds is 9. The Morgan fingerprint density at radius 1 is 0.764 bits per heavy atom. The Bertz CT molecular complexity index is 1960. The van der Waals surface area contributed by atoms with Crippen LogP contribution in [0.3, 0.4) is 0 Å². The summed E-state index contributed by atoms with van der Waals surface area (Å²) in [6, 6.07) is 5.28. The molecule has 2 aliphatic heterocycles. The second-order valence-electron chi connectivity index (χ2n) is 14.8. The molecule has 2 saturated heterocycles. The molecule has 0 saturated carbocycles. The van der Waals surface area contributed by atoms with Gasteiger partial charge in [0.05, 0.1) is 38.7 Å². The molecule has 3 aromatic rings. The van der Waals surface area contributed by atoms with Gasteiger partial charge in [-0.2, -0.15) is 0 Å². The van der Waals surface area contributed by atoms with E-state index in [0.29, 0.717) is 42.5 Å². The third-order valence-corrected chi connectivity index (χ3v) is 9.90. The molecule has 0 radical (unpaired) electrons. The van der Waals surface area contributed by atoms with Gasteiger partial charge in [-0.05, 0) is 66.7 Å². The van der Waals surface area contributed by atoms with Crippen molar-refractivity contribution in [2.75, 3.05) is 33.9 Å². The molecule has 0 unspecified atom stereocenters. The van der Waals surface area contributed by atoms with Crippen LogP contribution in [0.1, 0.15) is 93.7 Å². The van der Waals surface area contributed by atoms with E-state index in [1.807, 2.05) is 52.0 Å². The van der Waals surface area contributed by atoms with E-state index < -0.39 is 30.3 Å². The number of imidazole rings is 2. The molecule has 15 nitrogen and oxygen atoms in total. The first-order valence-electron chi connectivity index (χ1n) is 18.5. The van der Waals surface area contributed by atoms with Gasteiger partial charge in [0.2, 0.25) is 11.8 Å². The maximum absolute atomic E-state index is 13.6. The Balaban J connectivity index is 1.24. The summed E-state index contributed by atoms with van der Waals surface area (Å²) >= 11 is 0. The van der Waals surface area contributed by atoms with Crippen LogP contribution in [0.2, 0.25) is 0 Å². The Morgan fingerprint density at radius 3 is 1.62 bits per heavy atom. The average molecular weight is 755 g/mol. The number of aliphatic hydroxyl groups excluding tert-OH is 1. The van der Waals surface area contributed by atoms with Crippen molar-refractivity contribution in [3.8, 4) is 23.7 Å². The van der Waals surface area contributed by atoms with Crippen molar-refractivity contribution in [3.05, 3.63) is 70.8 Å². The van der Waals surface area contributed by atoms with Crippen LogP contribution in [-0.2, 0) is 19.1 Å². The number of H-pyrrole nitrogens is 2. The molecule has 2 fully saturated rings. The van der Waals surface area contributed by atoms with Gasteiger partial charge in [-0.3, -0.25) is 9.59 Å². The highest BCUT2D eigenvalue weighted by atomic mass is 16.5.